The van der Waals surface area contributed by atoms with Crippen molar-refractivity contribution >= 4 is 18.0 Å². The predicted octanol–water partition coefficient (Wildman–Crippen LogP) is 6.46. The van der Waals surface area contributed by atoms with Crippen molar-refractivity contribution in [1.82, 2.24) is 9.97 Å². The van der Waals surface area contributed by atoms with Gasteiger partial charge in [0.1, 0.15) is 49.2 Å². The van der Waals surface area contributed by atoms with E-state index in [0.29, 0.717) is 12.8 Å². The number of hydrogen-bond acceptors (Lipinski definition) is 13. The van der Waals surface area contributed by atoms with Crippen LogP contribution in [-0.2, 0) is 30.1 Å². The Morgan fingerprint density at radius 3 is 1.80 bits per heavy atom. The van der Waals surface area contributed by atoms with Crippen LogP contribution in [0.3, 0.4) is 0 Å². The third kappa shape index (κ3) is 11.2. The number of ether oxygens (including phenoxy) is 5. The van der Waals surface area contributed by atoms with Crippen molar-refractivity contribution < 1.29 is 52.3 Å². The minimum Gasteiger partial charge on any atom is -0.457 e. The molecule has 0 aliphatic carbocycles. The summed E-state index contributed by atoms with van der Waals surface area (Å²) in [7, 11) is 1.56. The molecule has 13 heteroatoms. The van der Waals surface area contributed by atoms with E-state index >= 15 is 0 Å². The lowest BCUT2D eigenvalue weighted by molar-refractivity contribution is -0.0461. The number of oxazole rings is 2. The molecule has 302 valence electrons. The highest BCUT2D eigenvalue weighted by molar-refractivity contribution is 5.87. The first-order valence-electron chi connectivity index (χ1n) is 18.9. The second-order valence-electron chi connectivity index (χ2n) is 15.1. The van der Waals surface area contributed by atoms with Crippen LogP contribution in [0.2, 0.25) is 0 Å². The second-order valence-corrected chi connectivity index (χ2v) is 15.1. The first kappa shape index (κ1) is 42.5. The van der Waals surface area contributed by atoms with Gasteiger partial charge >= 0.3 is 11.9 Å². The van der Waals surface area contributed by atoms with Gasteiger partial charge in [-0.25, -0.2) is 19.6 Å². The molecule has 2 fully saturated rings. The monoisotopic (exact) mass is 774 g/mol. The van der Waals surface area contributed by atoms with Gasteiger partial charge < -0.3 is 42.7 Å². The fraction of sp³-hybridized carbons (Fsp3) is 0.488. The van der Waals surface area contributed by atoms with Gasteiger partial charge in [0, 0.05) is 36.9 Å². The van der Waals surface area contributed by atoms with Crippen molar-refractivity contribution in [2.45, 2.75) is 116 Å². The maximum Gasteiger partial charge on any atom is 0.360 e. The molecule has 2 N–H and O–H groups in total. The molecule has 0 saturated carbocycles. The van der Waals surface area contributed by atoms with Crippen LogP contribution < -0.4 is 0 Å². The Morgan fingerprint density at radius 1 is 0.732 bits per heavy atom. The summed E-state index contributed by atoms with van der Waals surface area (Å²) in [5, 5.41) is 21.9. The maximum absolute atomic E-state index is 13.4. The standard InChI is InChI=1S/C43H54N2O11/c1-8-14-34(46)42(3,4)36-20-13-18-32-33(54-32)23-22-27(50-7)24-39-45-29(26-52-39)41(49)56-37(43(5,6)35(47)15-9-2)19-12-17-31-30(53-31)16-10-11-21-38-44-28(25-51-38)40(48)55-36/h8-18,21-23,25-27,30-37,46-47H,19-20,24H2,1-7H3/b14-8+,15-9+,16-10-,17-12-,18-13-,21-11-,23-22?/t27?,30-,31-,32?,33?,34?,35?,36?,37?/m1/s1. The zero-order chi connectivity index (χ0) is 40.5. The Labute approximate surface area is 328 Å². The predicted molar refractivity (Wildman–Crippen MR) is 207 cm³/mol. The van der Waals surface area contributed by atoms with Crippen molar-refractivity contribution in [3.63, 3.8) is 0 Å². The van der Waals surface area contributed by atoms with E-state index in [1.165, 1.54) is 12.5 Å². The molecule has 5 rings (SSSR count). The highest BCUT2D eigenvalue weighted by Crippen LogP contribution is 2.35. The second kappa shape index (κ2) is 19.0. The van der Waals surface area contributed by atoms with Crippen LogP contribution in [0.1, 0.15) is 87.1 Å². The molecule has 0 aromatic carbocycles. The summed E-state index contributed by atoms with van der Waals surface area (Å²) in [6, 6.07) is 0. The smallest absolute Gasteiger partial charge is 0.360 e. The topological polar surface area (TPSA) is 179 Å². The number of carbonyl (C=O) groups excluding carboxylic acids is 2. The van der Waals surface area contributed by atoms with Gasteiger partial charge in [-0.1, -0.05) is 107 Å². The van der Waals surface area contributed by atoms with E-state index in [9.17, 15) is 19.8 Å². The Balaban J connectivity index is 1.37. The van der Waals surface area contributed by atoms with E-state index in [-0.39, 0.29) is 54.0 Å². The molecule has 4 bridgehead atoms. The molecule has 56 heavy (non-hydrogen) atoms. The van der Waals surface area contributed by atoms with Gasteiger partial charge in [-0.15, -0.1) is 0 Å². The van der Waals surface area contributed by atoms with Crippen LogP contribution in [-0.4, -0.2) is 94.2 Å². The number of hydrogen-bond donors (Lipinski definition) is 2. The number of cyclic esters (lactones) is 2. The van der Waals surface area contributed by atoms with Crippen molar-refractivity contribution in [1.29, 1.82) is 0 Å². The molecule has 7 unspecified atom stereocenters. The lowest BCUT2D eigenvalue weighted by atomic mass is 9.79. The molecule has 13 nitrogen and oxygen atoms in total. The Morgan fingerprint density at radius 2 is 1.25 bits per heavy atom. The van der Waals surface area contributed by atoms with Gasteiger partial charge in [0.2, 0.25) is 5.89 Å². The van der Waals surface area contributed by atoms with Crippen LogP contribution in [0.4, 0.5) is 0 Å². The highest BCUT2D eigenvalue weighted by Gasteiger charge is 2.41. The van der Waals surface area contributed by atoms with Crippen molar-refractivity contribution in [2.75, 3.05) is 7.11 Å². The van der Waals surface area contributed by atoms with Crippen LogP contribution in [0, 0.1) is 10.8 Å². The van der Waals surface area contributed by atoms with Crippen molar-refractivity contribution in [3.05, 3.63) is 115 Å². The Kier molecular flexibility index (Phi) is 14.4. The fourth-order valence-corrected chi connectivity index (χ4v) is 6.10. The number of aliphatic hydroxyl groups excluding tert-OH is 2. The molecule has 0 spiro atoms. The molecule has 0 radical (unpaired) electrons. The zero-order valence-corrected chi connectivity index (χ0v) is 33.0. The summed E-state index contributed by atoms with van der Waals surface area (Å²) >= 11 is 0. The number of methoxy groups -OCH3 is 1. The SMILES string of the molecule is C/C=C/C(O)C(C)(C)C1C/C=C\C2OC2C=CC(OC)Cc2nc(co2)C(=O)OC(C(C)(C)C(O)/C=C/C)C/C=C\[C@H]2O[C@@H]2/C=C\C=C/c2nc(co2)C(=O)O1. The summed E-state index contributed by atoms with van der Waals surface area (Å²) < 4.78 is 40.3. The number of nitrogens with zero attached hydrogens (tertiary/aromatic N) is 2. The first-order valence-corrected chi connectivity index (χ1v) is 18.9. The first-order chi connectivity index (χ1) is 26.8. The molecule has 2 aromatic heterocycles. The van der Waals surface area contributed by atoms with Gasteiger partial charge in [0.05, 0.1) is 24.7 Å². The number of epoxide rings is 2. The van der Waals surface area contributed by atoms with E-state index in [4.69, 9.17) is 32.5 Å². The van der Waals surface area contributed by atoms with Crippen molar-refractivity contribution in [3.8, 4) is 0 Å². The summed E-state index contributed by atoms with van der Waals surface area (Å²) in [5.41, 5.74) is -1.68. The summed E-state index contributed by atoms with van der Waals surface area (Å²) in [6.07, 6.45) is 24.1. The lowest BCUT2D eigenvalue weighted by Gasteiger charge is -2.36. The third-order valence-electron chi connectivity index (χ3n) is 10.2. The number of fused-ring (bicyclic) bond motifs is 6. The zero-order valence-electron chi connectivity index (χ0n) is 33.0. The number of carbonyl (C=O) groups is 2. The maximum atomic E-state index is 13.4. The van der Waals surface area contributed by atoms with Gasteiger partial charge in [0.25, 0.3) is 0 Å². The van der Waals surface area contributed by atoms with Gasteiger partial charge in [-0.3, -0.25) is 0 Å². The van der Waals surface area contributed by atoms with Gasteiger partial charge in [0.15, 0.2) is 17.3 Å². The van der Waals surface area contributed by atoms with Gasteiger partial charge in [-0.2, -0.15) is 0 Å². The molecule has 0 amide bonds. The van der Waals surface area contributed by atoms with Crippen LogP contribution in [0.15, 0.2) is 100 Å². The average molecular weight is 775 g/mol. The van der Waals surface area contributed by atoms with Crippen LogP contribution >= 0.6 is 0 Å². The third-order valence-corrected chi connectivity index (χ3v) is 10.2. The minimum absolute atomic E-state index is 0.00381. The number of aromatic nitrogens is 2. The fourth-order valence-electron chi connectivity index (χ4n) is 6.10. The van der Waals surface area contributed by atoms with Gasteiger partial charge in [-0.05, 0) is 13.8 Å². The molecule has 5 heterocycles. The van der Waals surface area contributed by atoms with Crippen LogP contribution in [0.5, 0.6) is 0 Å². The molecule has 9 atom stereocenters. The number of esters is 2. The van der Waals surface area contributed by atoms with E-state index in [0.717, 1.165) is 0 Å². The molecular formula is C43H54N2O11. The quantitative estimate of drug-likeness (QED) is 0.178. The Hall–Kier alpha value is -4.66. The van der Waals surface area contributed by atoms with E-state index in [2.05, 4.69) is 9.97 Å². The highest BCUT2D eigenvalue weighted by atomic mass is 16.6. The summed E-state index contributed by atoms with van der Waals surface area (Å²) in [5.74, 6) is -0.844. The summed E-state index contributed by atoms with van der Waals surface area (Å²) in [6.45, 7) is 11.0. The number of rotatable bonds is 7. The summed E-state index contributed by atoms with van der Waals surface area (Å²) in [4.78, 5) is 35.3. The molecule has 2 saturated heterocycles. The molecule has 3 aliphatic rings. The number of aliphatic hydroxyl groups is 2. The average Bonchev–Trinajstić information content (AvgIpc) is 3.96. The number of allylic oxidation sites excluding steroid dienone is 4. The molecular weight excluding hydrogens is 720 g/mol. The van der Waals surface area contributed by atoms with E-state index < -0.39 is 53.3 Å². The minimum atomic E-state index is -0.884. The lowest BCUT2D eigenvalue weighted by Crippen LogP contribution is -2.42. The van der Waals surface area contributed by atoms with Crippen molar-refractivity contribution in [2.24, 2.45) is 10.8 Å². The van der Waals surface area contributed by atoms with E-state index in [1.807, 2.05) is 84.1 Å². The Bertz CT molecular complexity index is 1840. The van der Waals surface area contributed by atoms with E-state index in [1.54, 1.807) is 49.6 Å². The normalized spacial score (nSPS) is 30.3. The molecule has 2 aromatic rings. The van der Waals surface area contributed by atoms with Crippen LogP contribution in [0.25, 0.3) is 6.08 Å². The molecule has 3 aliphatic heterocycles. The largest absolute Gasteiger partial charge is 0.457 e.